The van der Waals surface area contributed by atoms with Gasteiger partial charge in [-0.1, -0.05) is 19.9 Å². The molecule has 2 aromatic rings. The number of rotatable bonds is 7. The van der Waals surface area contributed by atoms with Crippen LogP contribution in [-0.2, 0) is 11.2 Å². The summed E-state index contributed by atoms with van der Waals surface area (Å²) in [5.74, 6) is 1.34. The van der Waals surface area contributed by atoms with E-state index in [1.807, 2.05) is 12.1 Å². The largest absolute Gasteiger partial charge is 0.384 e. The summed E-state index contributed by atoms with van der Waals surface area (Å²) in [5.41, 5.74) is 6.57. The highest BCUT2D eigenvalue weighted by Crippen LogP contribution is 2.31. The standard InChI is InChI=1S/C15H22N6O/c1-9(2)7-12(10(3)22)13(15-18-20-21-19-15)8-11-5-4-6-14(16)17-11/h4-6,9,12-13H,7-8H2,1-3H3,(H2,16,17)(H,18,19,20,21)/t12-,13+/m1/s1. The lowest BCUT2D eigenvalue weighted by Crippen LogP contribution is -2.25. The molecule has 0 saturated carbocycles. The Kier molecular flexibility index (Phi) is 5.19. The van der Waals surface area contributed by atoms with Crippen LogP contribution in [0.5, 0.6) is 0 Å². The zero-order valence-corrected chi connectivity index (χ0v) is 13.2. The quantitative estimate of drug-likeness (QED) is 0.806. The first-order chi connectivity index (χ1) is 10.5. The van der Waals surface area contributed by atoms with Crippen molar-refractivity contribution in [3.05, 3.63) is 29.7 Å². The number of H-pyrrole nitrogens is 1. The number of hydrogen-bond donors (Lipinski definition) is 2. The normalized spacial score (nSPS) is 14.0. The van der Waals surface area contributed by atoms with Crippen LogP contribution in [0.2, 0.25) is 0 Å². The lowest BCUT2D eigenvalue weighted by Gasteiger charge is -2.24. The second kappa shape index (κ2) is 7.11. The van der Waals surface area contributed by atoms with E-state index in [9.17, 15) is 4.79 Å². The van der Waals surface area contributed by atoms with Gasteiger partial charge in [0.2, 0.25) is 0 Å². The van der Waals surface area contributed by atoms with Crippen molar-refractivity contribution in [2.24, 2.45) is 11.8 Å². The van der Waals surface area contributed by atoms with E-state index in [0.29, 0.717) is 24.0 Å². The van der Waals surface area contributed by atoms with Crippen molar-refractivity contribution in [3.8, 4) is 0 Å². The first kappa shape index (κ1) is 16.1. The van der Waals surface area contributed by atoms with Crippen molar-refractivity contribution < 1.29 is 4.79 Å². The zero-order valence-electron chi connectivity index (χ0n) is 13.2. The number of hydrogen-bond acceptors (Lipinski definition) is 6. The summed E-state index contributed by atoms with van der Waals surface area (Å²) in [4.78, 5) is 16.5. The third-order valence-corrected chi connectivity index (χ3v) is 3.70. The number of nitrogens with one attached hydrogen (secondary N) is 1. The third kappa shape index (κ3) is 4.09. The SMILES string of the molecule is CC(=O)[C@@H](CC(C)C)[C@H](Cc1cccc(N)n1)c1nnn[nH]1. The lowest BCUT2D eigenvalue weighted by atomic mass is 9.80. The van der Waals surface area contributed by atoms with E-state index in [4.69, 9.17) is 5.73 Å². The Morgan fingerprint density at radius 2 is 2.14 bits per heavy atom. The van der Waals surface area contributed by atoms with Gasteiger partial charge in [0.15, 0.2) is 5.82 Å². The highest BCUT2D eigenvalue weighted by molar-refractivity contribution is 5.79. The smallest absolute Gasteiger partial charge is 0.152 e. The molecule has 0 bridgehead atoms. The van der Waals surface area contributed by atoms with Gasteiger partial charge < -0.3 is 5.73 Å². The number of nitrogens with zero attached hydrogens (tertiary/aromatic N) is 4. The minimum Gasteiger partial charge on any atom is -0.384 e. The Labute approximate surface area is 129 Å². The van der Waals surface area contributed by atoms with E-state index in [-0.39, 0.29) is 17.6 Å². The molecule has 0 radical (unpaired) electrons. The molecule has 2 atom stereocenters. The maximum Gasteiger partial charge on any atom is 0.152 e. The number of ketones is 1. The van der Waals surface area contributed by atoms with Gasteiger partial charge in [-0.15, -0.1) is 5.10 Å². The molecule has 2 rings (SSSR count). The fourth-order valence-corrected chi connectivity index (χ4v) is 2.71. The van der Waals surface area contributed by atoms with E-state index in [1.165, 1.54) is 0 Å². The van der Waals surface area contributed by atoms with Crippen LogP contribution in [0.3, 0.4) is 0 Å². The number of carbonyl (C=O) groups excluding carboxylic acids is 1. The van der Waals surface area contributed by atoms with Crippen molar-refractivity contribution in [1.82, 2.24) is 25.6 Å². The predicted molar refractivity (Wildman–Crippen MR) is 82.9 cm³/mol. The Morgan fingerprint density at radius 1 is 1.36 bits per heavy atom. The first-order valence-electron chi connectivity index (χ1n) is 7.42. The van der Waals surface area contributed by atoms with Crippen LogP contribution in [0, 0.1) is 11.8 Å². The van der Waals surface area contributed by atoms with Crippen molar-refractivity contribution in [3.63, 3.8) is 0 Å². The Morgan fingerprint density at radius 3 is 2.68 bits per heavy atom. The molecule has 2 aromatic heterocycles. The van der Waals surface area contributed by atoms with E-state index in [1.54, 1.807) is 13.0 Å². The van der Waals surface area contributed by atoms with Crippen molar-refractivity contribution in [2.45, 2.75) is 39.5 Å². The maximum absolute atomic E-state index is 12.1. The summed E-state index contributed by atoms with van der Waals surface area (Å²) in [6.07, 6.45) is 1.35. The fraction of sp³-hybridized carbons (Fsp3) is 0.533. The van der Waals surface area contributed by atoms with E-state index < -0.39 is 0 Å². The molecule has 3 N–H and O–H groups in total. The number of Topliss-reactive ketones (excluding diaryl/α,β-unsaturated/α-hetero) is 1. The van der Waals surface area contributed by atoms with Crippen LogP contribution < -0.4 is 5.73 Å². The Bertz CT molecular complexity index is 610. The van der Waals surface area contributed by atoms with E-state index >= 15 is 0 Å². The minimum absolute atomic E-state index is 0.135. The van der Waals surface area contributed by atoms with Crippen LogP contribution in [0.15, 0.2) is 18.2 Å². The number of tetrazole rings is 1. The molecule has 2 heterocycles. The molecule has 7 heteroatoms. The highest BCUT2D eigenvalue weighted by Gasteiger charge is 2.31. The molecule has 118 valence electrons. The number of aromatic nitrogens is 5. The molecule has 0 unspecified atom stereocenters. The fourth-order valence-electron chi connectivity index (χ4n) is 2.71. The number of carbonyl (C=O) groups is 1. The molecule has 7 nitrogen and oxygen atoms in total. The van der Waals surface area contributed by atoms with Gasteiger partial charge in [-0.05, 0) is 41.8 Å². The number of nitrogen functional groups attached to an aromatic ring is 1. The van der Waals surface area contributed by atoms with Crippen LogP contribution in [0.25, 0.3) is 0 Å². The van der Waals surface area contributed by atoms with E-state index in [2.05, 4.69) is 39.5 Å². The van der Waals surface area contributed by atoms with Gasteiger partial charge in [0, 0.05) is 24.0 Å². The number of nitrogens with two attached hydrogens (primary N) is 1. The van der Waals surface area contributed by atoms with Gasteiger partial charge in [0.1, 0.15) is 11.6 Å². The predicted octanol–water partition coefficient (Wildman–Crippen LogP) is 1.75. The Hall–Kier alpha value is -2.31. The van der Waals surface area contributed by atoms with Gasteiger partial charge >= 0.3 is 0 Å². The van der Waals surface area contributed by atoms with Crippen molar-refractivity contribution in [1.29, 1.82) is 0 Å². The highest BCUT2D eigenvalue weighted by atomic mass is 16.1. The van der Waals surface area contributed by atoms with Gasteiger partial charge in [-0.3, -0.25) is 4.79 Å². The zero-order chi connectivity index (χ0) is 16.1. The van der Waals surface area contributed by atoms with Crippen LogP contribution in [0.4, 0.5) is 5.82 Å². The second-order valence-electron chi connectivity index (χ2n) is 6.00. The molecule has 0 spiro atoms. The summed E-state index contributed by atoms with van der Waals surface area (Å²) in [5, 5.41) is 14.1. The number of aromatic amines is 1. The van der Waals surface area contributed by atoms with E-state index in [0.717, 1.165) is 12.1 Å². The van der Waals surface area contributed by atoms with Gasteiger partial charge in [0.25, 0.3) is 0 Å². The van der Waals surface area contributed by atoms with Crippen LogP contribution in [0.1, 0.15) is 44.6 Å². The first-order valence-corrected chi connectivity index (χ1v) is 7.42. The topological polar surface area (TPSA) is 110 Å². The molecule has 0 aromatic carbocycles. The number of anilines is 1. The summed E-state index contributed by atoms with van der Waals surface area (Å²) in [7, 11) is 0. The summed E-state index contributed by atoms with van der Waals surface area (Å²) in [6, 6.07) is 5.50. The Balaban J connectivity index is 2.31. The molecule has 0 saturated heterocycles. The minimum atomic E-state index is -0.155. The molecule has 0 aliphatic carbocycles. The third-order valence-electron chi connectivity index (χ3n) is 3.70. The molecule has 0 amide bonds. The maximum atomic E-state index is 12.1. The monoisotopic (exact) mass is 302 g/mol. The molecule has 0 aliphatic rings. The summed E-state index contributed by atoms with van der Waals surface area (Å²) < 4.78 is 0. The second-order valence-corrected chi connectivity index (χ2v) is 6.00. The number of pyridine rings is 1. The van der Waals surface area contributed by atoms with Crippen LogP contribution >= 0.6 is 0 Å². The van der Waals surface area contributed by atoms with Gasteiger partial charge in [0.05, 0.1) is 0 Å². The molecule has 0 fully saturated rings. The van der Waals surface area contributed by atoms with Crippen molar-refractivity contribution in [2.75, 3.05) is 5.73 Å². The van der Waals surface area contributed by atoms with Gasteiger partial charge in [-0.2, -0.15) is 0 Å². The molecular weight excluding hydrogens is 280 g/mol. The molecule has 22 heavy (non-hydrogen) atoms. The molecule has 0 aliphatic heterocycles. The average Bonchev–Trinajstić information content (AvgIpc) is 2.96. The van der Waals surface area contributed by atoms with Gasteiger partial charge in [-0.25, -0.2) is 10.1 Å². The summed E-state index contributed by atoms with van der Waals surface area (Å²) in [6.45, 7) is 5.82. The average molecular weight is 302 g/mol. The van der Waals surface area contributed by atoms with Crippen LogP contribution in [-0.4, -0.2) is 31.4 Å². The lowest BCUT2D eigenvalue weighted by molar-refractivity contribution is -0.122. The van der Waals surface area contributed by atoms with Crippen molar-refractivity contribution >= 4 is 11.6 Å². The molecular formula is C15H22N6O. The summed E-state index contributed by atoms with van der Waals surface area (Å²) >= 11 is 0.